The first-order valence-corrected chi connectivity index (χ1v) is 8.61. The van der Waals surface area contributed by atoms with Gasteiger partial charge >= 0.3 is 0 Å². The van der Waals surface area contributed by atoms with Gasteiger partial charge in [0.2, 0.25) is 0 Å². The normalized spacial score (nSPS) is 15.1. The van der Waals surface area contributed by atoms with E-state index in [0.717, 1.165) is 44.5 Å². The topological polar surface area (TPSA) is 41.6 Å². The summed E-state index contributed by atoms with van der Waals surface area (Å²) in [5.74, 6) is -0.778. The second-order valence-corrected chi connectivity index (χ2v) is 6.42. The van der Waals surface area contributed by atoms with Gasteiger partial charge in [-0.3, -0.25) is 9.69 Å². The van der Waals surface area contributed by atoms with E-state index in [-0.39, 0.29) is 16.5 Å². The maximum Gasteiger partial charge on any atom is 0.253 e. The molecule has 0 aliphatic carbocycles. The van der Waals surface area contributed by atoms with Crippen LogP contribution in [0.4, 0.5) is 4.39 Å². The SMILES string of the molecule is O=C(NCc1ccc(CN2CCOCC2)cc1)c1ccc(F)cc1Cl. The van der Waals surface area contributed by atoms with Crippen molar-refractivity contribution in [1.29, 1.82) is 0 Å². The van der Waals surface area contributed by atoms with E-state index < -0.39 is 5.82 Å². The van der Waals surface area contributed by atoms with Crippen LogP contribution in [-0.4, -0.2) is 37.1 Å². The third-order valence-corrected chi connectivity index (χ3v) is 4.47. The predicted octanol–water partition coefficient (Wildman–Crippen LogP) is 3.24. The van der Waals surface area contributed by atoms with Gasteiger partial charge in [0.25, 0.3) is 5.91 Å². The summed E-state index contributed by atoms with van der Waals surface area (Å²) in [5, 5.41) is 2.91. The molecule has 1 amide bonds. The summed E-state index contributed by atoms with van der Waals surface area (Å²) >= 11 is 5.91. The zero-order valence-corrected chi connectivity index (χ0v) is 14.6. The Hall–Kier alpha value is -1.95. The molecule has 25 heavy (non-hydrogen) atoms. The van der Waals surface area contributed by atoms with E-state index in [1.54, 1.807) is 0 Å². The number of nitrogens with zero attached hydrogens (tertiary/aromatic N) is 1. The largest absolute Gasteiger partial charge is 0.379 e. The van der Waals surface area contributed by atoms with E-state index in [1.807, 2.05) is 12.1 Å². The molecule has 6 heteroatoms. The molecule has 4 nitrogen and oxygen atoms in total. The average Bonchev–Trinajstić information content (AvgIpc) is 2.62. The number of ether oxygens (including phenoxy) is 1. The van der Waals surface area contributed by atoms with Crippen LogP contribution in [0.2, 0.25) is 5.02 Å². The lowest BCUT2D eigenvalue weighted by Crippen LogP contribution is -2.35. The molecule has 1 fully saturated rings. The Morgan fingerprint density at radius 3 is 2.48 bits per heavy atom. The number of nitrogens with one attached hydrogen (secondary N) is 1. The van der Waals surface area contributed by atoms with E-state index >= 15 is 0 Å². The van der Waals surface area contributed by atoms with Crippen LogP contribution < -0.4 is 5.32 Å². The van der Waals surface area contributed by atoms with Crippen molar-refractivity contribution < 1.29 is 13.9 Å². The molecule has 1 aliphatic rings. The van der Waals surface area contributed by atoms with Gasteiger partial charge in [-0.1, -0.05) is 35.9 Å². The number of hydrogen-bond acceptors (Lipinski definition) is 3. The van der Waals surface area contributed by atoms with E-state index in [4.69, 9.17) is 16.3 Å². The highest BCUT2D eigenvalue weighted by molar-refractivity contribution is 6.33. The first-order valence-electron chi connectivity index (χ1n) is 8.23. The molecule has 1 aliphatic heterocycles. The fourth-order valence-corrected chi connectivity index (χ4v) is 2.98. The van der Waals surface area contributed by atoms with Crippen molar-refractivity contribution in [2.24, 2.45) is 0 Å². The minimum atomic E-state index is -0.461. The van der Waals surface area contributed by atoms with Gasteiger partial charge in [0.15, 0.2) is 0 Å². The minimum Gasteiger partial charge on any atom is -0.379 e. The van der Waals surface area contributed by atoms with Crippen LogP contribution in [0.1, 0.15) is 21.5 Å². The van der Waals surface area contributed by atoms with Gasteiger partial charge in [0.1, 0.15) is 5.82 Å². The Bertz CT molecular complexity index is 731. The number of hydrogen-bond donors (Lipinski definition) is 1. The van der Waals surface area contributed by atoms with Crippen LogP contribution in [0.15, 0.2) is 42.5 Å². The van der Waals surface area contributed by atoms with Gasteiger partial charge < -0.3 is 10.1 Å². The lowest BCUT2D eigenvalue weighted by molar-refractivity contribution is 0.0342. The number of carbonyl (C=O) groups is 1. The second-order valence-electron chi connectivity index (χ2n) is 6.01. The minimum absolute atomic E-state index is 0.110. The third kappa shape index (κ3) is 5.01. The molecule has 132 valence electrons. The molecule has 2 aromatic rings. The molecular weight excluding hydrogens is 343 g/mol. The van der Waals surface area contributed by atoms with Gasteiger partial charge in [-0.05, 0) is 29.3 Å². The Morgan fingerprint density at radius 2 is 1.80 bits per heavy atom. The highest BCUT2D eigenvalue weighted by Gasteiger charge is 2.12. The maximum atomic E-state index is 13.0. The first kappa shape index (κ1) is 17.9. The molecule has 1 saturated heterocycles. The highest BCUT2D eigenvalue weighted by atomic mass is 35.5. The fraction of sp³-hybridized carbons (Fsp3) is 0.316. The smallest absolute Gasteiger partial charge is 0.253 e. The summed E-state index contributed by atoms with van der Waals surface area (Å²) in [6, 6.07) is 11.9. The summed E-state index contributed by atoms with van der Waals surface area (Å²) in [6.45, 7) is 4.78. The van der Waals surface area contributed by atoms with Gasteiger partial charge in [-0.2, -0.15) is 0 Å². The van der Waals surface area contributed by atoms with Crippen LogP contribution in [0.3, 0.4) is 0 Å². The van der Waals surface area contributed by atoms with E-state index in [2.05, 4.69) is 22.3 Å². The van der Waals surface area contributed by atoms with Crippen molar-refractivity contribution in [1.82, 2.24) is 10.2 Å². The van der Waals surface area contributed by atoms with E-state index in [1.165, 1.54) is 17.7 Å². The van der Waals surface area contributed by atoms with E-state index in [9.17, 15) is 9.18 Å². The van der Waals surface area contributed by atoms with Gasteiger partial charge in [-0.25, -0.2) is 4.39 Å². The van der Waals surface area contributed by atoms with Crippen molar-refractivity contribution in [2.45, 2.75) is 13.1 Å². The quantitative estimate of drug-likeness (QED) is 0.887. The standard InChI is InChI=1S/C19H20ClFN2O2/c20-18-11-16(21)5-6-17(18)19(24)22-12-14-1-3-15(4-2-14)13-23-7-9-25-10-8-23/h1-6,11H,7-10,12-13H2,(H,22,24). The zero-order chi connectivity index (χ0) is 17.6. The average molecular weight is 363 g/mol. The fourth-order valence-electron chi connectivity index (χ4n) is 2.73. The highest BCUT2D eigenvalue weighted by Crippen LogP contribution is 2.17. The molecule has 0 spiro atoms. The predicted molar refractivity (Wildman–Crippen MR) is 95.1 cm³/mol. The van der Waals surface area contributed by atoms with Crippen molar-refractivity contribution >= 4 is 17.5 Å². The molecule has 2 aromatic carbocycles. The molecule has 0 saturated carbocycles. The maximum absolute atomic E-state index is 13.0. The van der Waals surface area contributed by atoms with E-state index in [0.29, 0.717) is 6.54 Å². The summed E-state index contributed by atoms with van der Waals surface area (Å²) in [5.41, 5.74) is 2.50. The lowest BCUT2D eigenvalue weighted by Gasteiger charge is -2.26. The number of morpholine rings is 1. The van der Waals surface area contributed by atoms with Crippen LogP contribution >= 0.6 is 11.6 Å². The van der Waals surface area contributed by atoms with Crippen LogP contribution in [0.5, 0.6) is 0 Å². The molecule has 0 aromatic heterocycles. The number of halogens is 2. The molecular formula is C19H20ClFN2O2. The molecule has 0 unspecified atom stereocenters. The number of rotatable bonds is 5. The molecule has 3 rings (SSSR count). The van der Waals surface area contributed by atoms with Crippen LogP contribution in [-0.2, 0) is 17.8 Å². The van der Waals surface area contributed by atoms with Gasteiger partial charge in [0, 0.05) is 26.2 Å². The summed E-state index contributed by atoms with van der Waals surface area (Å²) in [6.07, 6.45) is 0. The summed E-state index contributed by atoms with van der Waals surface area (Å²) in [4.78, 5) is 14.5. The monoisotopic (exact) mass is 362 g/mol. The molecule has 0 radical (unpaired) electrons. The Morgan fingerprint density at radius 1 is 1.12 bits per heavy atom. The number of benzene rings is 2. The molecule has 1 heterocycles. The van der Waals surface area contributed by atoms with Crippen LogP contribution in [0, 0.1) is 5.82 Å². The van der Waals surface area contributed by atoms with Crippen LogP contribution in [0.25, 0.3) is 0 Å². The lowest BCUT2D eigenvalue weighted by atomic mass is 10.1. The number of carbonyl (C=O) groups excluding carboxylic acids is 1. The molecule has 0 bridgehead atoms. The van der Waals surface area contributed by atoms with Crippen molar-refractivity contribution in [3.05, 3.63) is 70.0 Å². The Balaban J connectivity index is 1.53. The van der Waals surface area contributed by atoms with Crippen molar-refractivity contribution in [3.63, 3.8) is 0 Å². The Labute approximate surface area is 151 Å². The first-order chi connectivity index (χ1) is 12.1. The van der Waals surface area contributed by atoms with Crippen molar-refractivity contribution in [2.75, 3.05) is 26.3 Å². The van der Waals surface area contributed by atoms with Gasteiger partial charge in [0.05, 0.1) is 23.8 Å². The molecule has 0 atom stereocenters. The second kappa shape index (κ2) is 8.43. The Kier molecular flexibility index (Phi) is 6.02. The van der Waals surface area contributed by atoms with Crippen molar-refractivity contribution in [3.8, 4) is 0 Å². The third-order valence-electron chi connectivity index (χ3n) is 4.16. The summed E-state index contributed by atoms with van der Waals surface area (Å²) in [7, 11) is 0. The molecule has 1 N–H and O–H groups in total. The number of amides is 1. The van der Waals surface area contributed by atoms with Gasteiger partial charge in [-0.15, -0.1) is 0 Å². The summed E-state index contributed by atoms with van der Waals surface area (Å²) < 4.78 is 18.4. The zero-order valence-electron chi connectivity index (χ0n) is 13.8.